The maximum Gasteiger partial charge on any atom is 0.253 e. The van der Waals surface area contributed by atoms with Gasteiger partial charge in [0.1, 0.15) is 11.6 Å². The Morgan fingerprint density at radius 1 is 1.11 bits per heavy atom. The van der Waals surface area contributed by atoms with Gasteiger partial charge < -0.3 is 15.0 Å². The van der Waals surface area contributed by atoms with E-state index in [1.807, 2.05) is 43.3 Å². The first kappa shape index (κ1) is 19.4. The summed E-state index contributed by atoms with van der Waals surface area (Å²) in [5.74, 6) is 1.30. The van der Waals surface area contributed by atoms with Crippen molar-refractivity contribution in [2.75, 3.05) is 25.5 Å². The van der Waals surface area contributed by atoms with Crippen molar-refractivity contribution in [3.05, 3.63) is 78.2 Å². The Bertz CT molecular complexity index is 915. The molecule has 0 unspecified atom stereocenters. The van der Waals surface area contributed by atoms with Crippen molar-refractivity contribution in [1.29, 1.82) is 0 Å². The predicted molar refractivity (Wildman–Crippen MR) is 110 cm³/mol. The fourth-order valence-corrected chi connectivity index (χ4v) is 2.79. The number of ether oxygens (including phenoxy) is 1. The van der Waals surface area contributed by atoms with E-state index in [0.717, 1.165) is 23.4 Å². The van der Waals surface area contributed by atoms with Crippen LogP contribution in [0.15, 0.2) is 67.1 Å². The average molecular weight is 376 g/mol. The highest BCUT2D eigenvalue weighted by Gasteiger charge is 2.13. The number of rotatable bonds is 8. The number of hydrogen-bond donors (Lipinski definition) is 1. The molecule has 0 bridgehead atoms. The minimum Gasteiger partial charge on any atom is -0.492 e. The SMILES string of the molecule is CCOc1ccccc1Nc1cc(C(=O)N(C)CCc2ccncc2)ccn1. The molecule has 3 rings (SSSR count). The summed E-state index contributed by atoms with van der Waals surface area (Å²) in [4.78, 5) is 22.8. The Hall–Kier alpha value is -3.41. The van der Waals surface area contributed by atoms with E-state index in [4.69, 9.17) is 4.74 Å². The van der Waals surface area contributed by atoms with Gasteiger partial charge in [-0.2, -0.15) is 0 Å². The third kappa shape index (κ3) is 5.07. The topological polar surface area (TPSA) is 67.3 Å². The second kappa shape index (κ2) is 9.50. The zero-order valence-electron chi connectivity index (χ0n) is 16.1. The second-order valence-corrected chi connectivity index (χ2v) is 6.32. The number of nitrogens with zero attached hydrogens (tertiary/aromatic N) is 3. The molecule has 0 saturated heterocycles. The summed E-state index contributed by atoms with van der Waals surface area (Å²) in [5.41, 5.74) is 2.55. The fraction of sp³-hybridized carbons (Fsp3) is 0.227. The van der Waals surface area contributed by atoms with Gasteiger partial charge in [-0.1, -0.05) is 12.1 Å². The summed E-state index contributed by atoms with van der Waals surface area (Å²) in [6, 6.07) is 15.1. The summed E-state index contributed by atoms with van der Waals surface area (Å²) < 4.78 is 5.63. The molecule has 0 saturated carbocycles. The molecule has 144 valence electrons. The minimum absolute atomic E-state index is 0.0439. The summed E-state index contributed by atoms with van der Waals surface area (Å²) >= 11 is 0. The van der Waals surface area contributed by atoms with Gasteiger partial charge in [0.15, 0.2) is 0 Å². The molecular formula is C22H24N4O2. The molecule has 0 fully saturated rings. The number of amides is 1. The number of likely N-dealkylation sites (N-methyl/N-ethyl adjacent to an activating group) is 1. The summed E-state index contributed by atoms with van der Waals surface area (Å²) in [6.45, 7) is 3.14. The molecule has 1 N–H and O–H groups in total. The van der Waals surface area contributed by atoms with Gasteiger partial charge in [-0.3, -0.25) is 9.78 Å². The number of hydrogen-bond acceptors (Lipinski definition) is 5. The Kier molecular flexibility index (Phi) is 6.57. The van der Waals surface area contributed by atoms with Crippen LogP contribution in [-0.2, 0) is 6.42 Å². The summed E-state index contributed by atoms with van der Waals surface area (Å²) in [6.07, 6.45) is 5.94. The first-order valence-electron chi connectivity index (χ1n) is 9.26. The van der Waals surface area contributed by atoms with Crippen LogP contribution in [0.5, 0.6) is 5.75 Å². The van der Waals surface area contributed by atoms with E-state index in [0.29, 0.717) is 24.5 Å². The Balaban J connectivity index is 1.67. The number of carbonyl (C=O) groups excluding carboxylic acids is 1. The van der Waals surface area contributed by atoms with Gasteiger partial charge in [0.05, 0.1) is 12.3 Å². The highest BCUT2D eigenvalue weighted by atomic mass is 16.5. The molecule has 6 nitrogen and oxygen atoms in total. The van der Waals surface area contributed by atoms with E-state index in [1.165, 1.54) is 0 Å². The van der Waals surface area contributed by atoms with Crippen LogP contribution < -0.4 is 10.1 Å². The molecule has 0 spiro atoms. The largest absolute Gasteiger partial charge is 0.492 e. The number of carbonyl (C=O) groups is 1. The quantitative estimate of drug-likeness (QED) is 0.645. The van der Waals surface area contributed by atoms with Crippen LogP contribution in [0.3, 0.4) is 0 Å². The maximum atomic E-state index is 12.8. The number of para-hydroxylation sites is 2. The van der Waals surface area contributed by atoms with Crippen molar-refractivity contribution in [2.45, 2.75) is 13.3 Å². The molecule has 28 heavy (non-hydrogen) atoms. The Morgan fingerprint density at radius 2 is 1.89 bits per heavy atom. The van der Waals surface area contributed by atoms with Gasteiger partial charge >= 0.3 is 0 Å². The standard InChI is InChI=1S/C22H24N4O2/c1-3-28-20-7-5-4-6-19(20)25-21-16-18(10-14-24-21)22(27)26(2)15-11-17-8-12-23-13-9-17/h4-10,12-14,16H,3,11,15H2,1-2H3,(H,24,25). The number of nitrogens with one attached hydrogen (secondary N) is 1. The highest BCUT2D eigenvalue weighted by Crippen LogP contribution is 2.26. The van der Waals surface area contributed by atoms with Crippen molar-refractivity contribution < 1.29 is 9.53 Å². The molecule has 6 heteroatoms. The summed E-state index contributed by atoms with van der Waals surface area (Å²) in [7, 11) is 1.81. The second-order valence-electron chi connectivity index (χ2n) is 6.32. The van der Waals surface area contributed by atoms with Crippen LogP contribution in [0.4, 0.5) is 11.5 Å². The number of benzene rings is 1. The third-order valence-electron chi connectivity index (χ3n) is 4.29. The molecule has 1 aromatic carbocycles. The Labute approximate surface area is 165 Å². The smallest absolute Gasteiger partial charge is 0.253 e. The molecular weight excluding hydrogens is 352 g/mol. The molecule has 0 atom stereocenters. The highest BCUT2D eigenvalue weighted by molar-refractivity contribution is 5.94. The minimum atomic E-state index is -0.0439. The zero-order valence-corrected chi connectivity index (χ0v) is 16.1. The van der Waals surface area contributed by atoms with Crippen LogP contribution in [0, 0.1) is 0 Å². The molecule has 3 aromatic rings. The first-order valence-corrected chi connectivity index (χ1v) is 9.26. The third-order valence-corrected chi connectivity index (χ3v) is 4.29. The van der Waals surface area contributed by atoms with Gasteiger partial charge in [-0.15, -0.1) is 0 Å². The van der Waals surface area contributed by atoms with Crippen molar-refractivity contribution in [3.63, 3.8) is 0 Å². The lowest BCUT2D eigenvalue weighted by molar-refractivity contribution is 0.0796. The Morgan fingerprint density at radius 3 is 2.68 bits per heavy atom. The van der Waals surface area contributed by atoms with Crippen LogP contribution in [0.2, 0.25) is 0 Å². The summed E-state index contributed by atoms with van der Waals surface area (Å²) in [5, 5.41) is 3.24. The monoisotopic (exact) mass is 376 g/mol. The van der Waals surface area contributed by atoms with E-state index in [2.05, 4.69) is 15.3 Å². The van der Waals surface area contributed by atoms with E-state index in [1.54, 1.807) is 42.7 Å². The average Bonchev–Trinajstić information content (AvgIpc) is 2.74. The van der Waals surface area contributed by atoms with Gasteiger partial charge in [-0.05, 0) is 55.3 Å². The first-order chi connectivity index (χ1) is 13.7. The van der Waals surface area contributed by atoms with Gasteiger partial charge in [-0.25, -0.2) is 4.98 Å². The number of aromatic nitrogens is 2. The van der Waals surface area contributed by atoms with E-state index in [-0.39, 0.29) is 5.91 Å². The van der Waals surface area contributed by atoms with Gasteiger partial charge in [0.25, 0.3) is 5.91 Å². The molecule has 2 aromatic heterocycles. The molecule has 0 radical (unpaired) electrons. The lowest BCUT2D eigenvalue weighted by Gasteiger charge is -2.18. The van der Waals surface area contributed by atoms with E-state index in [9.17, 15) is 4.79 Å². The van der Waals surface area contributed by atoms with Crippen LogP contribution in [0.1, 0.15) is 22.8 Å². The predicted octanol–water partition coefficient (Wildman–Crippen LogP) is 3.93. The van der Waals surface area contributed by atoms with Crippen LogP contribution >= 0.6 is 0 Å². The lowest BCUT2D eigenvalue weighted by Crippen LogP contribution is -2.28. The number of pyridine rings is 2. The molecule has 0 aliphatic carbocycles. The zero-order chi connectivity index (χ0) is 19.8. The van der Waals surface area contributed by atoms with Crippen LogP contribution in [0.25, 0.3) is 0 Å². The fourth-order valence-electron chi connectivity index (χ4n) is 2.79. The van der Waals surface area contributed by atoms with Crippen LogP contribution in [-0.4, -0.2) is 41.0 Å². The van der Waals surface area contributed by atoms with E-state index < -0.39 is 0 Å². The molecule has 2 heterocycles. The molecule has 0 aliphatic heterocycles. The van der Waals surface area contributed by atoms with Crippen molar-refractivity contribution in [1.82, 2.24) is 14.9 Å². The lowest BCUT2D eigenvalue weighted by atomic mass is 10.2. The molecule has 1 amide bonds. The molecule has 0 aliphatic rings. The van der Waals surface area contributed by atoms with Gasteiger partial charge in [0, 0.05) is 37.7 Å². The number of anilines is 2. The van der Waals surface area contributed by atoms with Crippen molar-refractivity contribution >= 4 is 17.4 Å². The maximum absolute atomic E-state index is 12.8. The van der Waals surface area contributed by atoms with Gasteiger partial charge in [0.2, 0.25) is 0 Å². The van der Waals surface area contributed by atoms with E-state index >= 15 is 0 Å². The normalized spacial score (nSPS) is 10.4. The van der Waals surface area contributed by atoms with Crippen molar-refractivity contribution in [3.8, 4) is 5.75 Å². The van der Waals surface area contributed by atoms with Crippen molar-refractivity contribution in [2.24, 2.45) is 0 Å².